The number of carboxylic acid groups (broad SMARTS) is 1. The van der Waals surface area contributed by atoms with E-state index in [0.29, 0.717) is 13.2 Å². The predicted octanol–water partition coefficient (Wildman–Crippen LogP) is 3.36. The minimum atomic E-state index is -0.929. The first-order valence-electron chi connectivity index (χ1n) is 6.37. The van der Waals surface area contributed by atoms with Gasteiger partial charge in [-0.3, -0.25) is 0 Å². The van der Waals surface area contributed by atoms with E-state index in [4.69, 9.17) is 14.6 Å². The molecule has 0 spiro atoms. The van der Waals surface area contributed by atoms with E-state index in [1.165, 1.54) is 0 Å². The van der Waals surface area contributed by atoms with Gasteiger partial charge in [0.15, 0.2) is 0 Å². The van der Waals surface area contributed by atoms with Crippen LogP contribution in [-0.4, -0.2) is 17.7 Å². The second kappa shape index (κ2) is 6.61. The Labute approximate surface area is 117 Å². The molecule has 0 aliphatic rings. The van der Waals surface area contributed by atoms with Crippen LogP contribution in [0.5, 0.6) is 11.5 Å². The quantitative estimate of drug-likeness (QED) is 0.876. The second-order valence-corrected chi connectivity index (χ2v) is 4.20. The molecule has 104 valence electrons. The molecule has 2 aromatic rings. The maximum absolute atomic E-state index is 10.7. The first-order valence-corrected chi connectivity index (χ1v) is 6.37. The largest absolute Gasteiger partial charge is 0.494 e. The van der Waals surface area contributed by atoms with Gasteiger partial charge in [-0.15, -0.1) is 0 Å². The third kappa shape index (κ3) is 3.75. The van der Waals surface area contributed by atoms with Crippen molar-refractivity contribution in [2.45, 2.75) is 13.5 Å². The fraction of sp³-hybridized carbons (Fsp3) is 0.188. The molecule has 0 bridgehead atoms. The lowest BCUT2D eigenvalue weighted by Gasteiger charge is -2.08. The zero-order chi connectivity index (χ0) is 14.4. The van der Waals surface area contributed by atoms with Crippen LogP contribution >= 0.6 is 0 Å². The van der Waals surface area contributed by atoms with Crippen LogP contribution in [0, 0.1) is 0 Å². The van der Waals surface area contributed by atoms with E-state index in [2.05, 4.69) is 0 Å². The lowest BCUT2D eigenvalue weighted by molar-refractivity contribution is 0.0697. The first-order chi connectivity index (χ1) is 9.69. The summed E-state index contributed by atoms with van der Waals surface area (Å²) in [6.45, 7) is 2.92. The van der Waals surface area contributed by atoms with Gasteiger partial charge in [0.05, 0.1) is 12.2 Å². The highest BCUT2D eigenvalue weighted by atomic mass is 16.5. The maximum Gasteiger partial charge on any atom is 0.335 e. The molecule has 4 heteroatoms. The number of hydrogen-bond donors (Lipinski definition) is 1. The molecule has 0 saturated heterocycles. The van der Waals surface area contributed by atoms with E-state index in [1.54, 1.807) is 24.3 Å². The minimum absolute atomic E-state index is 0.270. The van der Waals surface area contributed by atoms with Crippen LogP contribution in [0.25, 0.3) is 0 Å². The van der Waals surface area contributed by atoms with Crippen molar-refractivity contribution >= 4 is 5.97 Å². The van der Waals surface area contributed by atoms with E-state index < -0.39 is 5.97 Å². The van der Waals surface area contributed by atoms with Gasteiger partial charge in [-0.2, -0.15) is 0 Å². The van der Waals surface area contributed by atoms with Crippen molar-refractivity contribution in [2.24, 2.45) is 0 Å². The van der Waals surface area contributed by atoms with Crippen molar-refractivity contribution in [1.82, 2.24) is 0 Å². The van der Waals surface area contributed by atoms with Gasteiger partial charge in [-0.05, 0) is 36.8 Å². The molecule has 0 saturated carbocycles. The van der Waals surface area contributed by atoms with Crippen molar-refractivity contribution in [1.29, 1.82) is 0 Å². The normalized spacial score (nSPS) is 10.1. The molecule has 0 atom stereocenters. The van der Waals surface area contributed by atoms with Gasteiger partial charge in [0.25, 0.3) is 0 Å². The number of hydrogen-bond acceptors (Lipinski definition) is 3. The SMILES string of the molecule is CCOc1cccc(OCc2ccc(C(=O)O)cc2)c1. The molecule has 4 nitrogen and oxygen atoms in total. The summed E-state index contributed by atoms with van der Waals surface area (Å²) in [5.41, 5.74) is 1.18. The second-order valence-electron chi connectivity index (χ2n) is 4.20. The average molecular weight is 272 g/mol. The first kappa shape index (κ1) is 13.9. The highest BCUT2D eigenvalue weighted by Crippen LogP contribution is 2.20. The van der Waals surface area contributed by atoms with E-state index in [-0.39, 0.29) is 5.56 Å². The minimum Gasteiger partial charge on any atom is -0.494 e. The van der Waals surface area contributed by atoms with Crippen molar-refractivity contribution in [3.05, 3.63) is 59.7 Å². The van der Waals surface area contributed by atoms with Crippen LogP contribution in [0.2, 0.25) is 0 Å². The van der Waals surface area contributed by atoms with Crippen LogP contribution in [0.15, 0.2) is 48.5 Å². The Kier molecular flexibility index (Phi) is 4.60. The molecular weight excluding hydrogens is 256 g/mol. The Hall–Kier alpha value is -2.49. The van der Waals surface area contributed by atoms with Crippen LogP contribution in [0.1, 0.15) is 22.8 Å². The van der Waals surface area contributed by atoms with Gasteiger partial charge in [-0.25, -0.2) is 4.79 Å². The summed E-state index contributed by atoms with van der Waals surface area (Å²) < 4.78 is 11.0. The Morgan fingerprint density at radius 3 is 2.30 bits per heavy atom. The summed E-state index contributed by atoms with van der Waals surface area (Å²) in [4.78, 5) is 10.7. The van der Waals surface area contributed by atoms with Gasteiger partial charge >= 0.3 is 5.97 Å². The molecule has 20 heavy (non-hydrogen) atoms. The maximum atomic E-state index is 10.7. The van der Waals surface area contributed by atoms with Crippen molar-refractivity contribution in [3.63, 3.8) is 0 Å². The smallest absolute Gasteiger partial charge is 0.335 e. The summed E-state index contributed by atoms with van der Waals surface area (Å²) in [5, 5.41) is 8.82. The summed E-state index contributed by atoms with van der Waals surface area (Å²) in [6, 6.07) is 14.1. The lowest BCUT2D eigenvalue weighted by atomic mass is 10.1. The van der Waals surface area contributed by atoms with Gasteiger partial charge in [0.2, 0.25) is 0 Å². The van der Waals surface area contributed by atoms with Gasteiger partial charge in [0, 0.05) is 6.07 Å². The molecular formula is C16H16O4. The molecule has 0 heterocycles. The molecule has 2 rings (SSSR count). The van der Waals surface area contributed by atoms with Crippen LogP contribution in [0.3, 0.4) is 0 Å². The zero-order valence-electron chi connectivity index (χ0n) is 11.2. The van der Waals surface area contributed by atoms with Crippen molar-refractivity contribution in [3.8, 4) is 11.5 Å². The monoisotopic (exact) mass is 272 g/mol. The van der Waals surface area contributed by atoms with E-state index in [0.717, 1.165) is 17.1 Å². The Bertz CT molecular complexity index is 575. The van der Waals surface area contributed by atoms with Gasteiger partial charge in [-0.1, -0.05) is 18.2 Å². The molecule has 0 radical (unpaired) electrons. The topological polar surface area (TPSA) is 55.8 Å². The molecule has 0 aromatic heterocycles. The third-order valence-electron chi connectivity index (χ3n) is 2.72. The molecule has 0 aliphatic carbocycles. The summed E-state index contributed by atoms with van der Waals surface area (Å²) >= 11 is 0. The zero-order valence-corrected chi connectivity index (χ0v) is 11.2. The molecule has 0 aliphatic heterocycles. The fourth-order valence-corrected chi connectivity index (χ4v) is 1.73. The summed E-state index contributed by atoms with van der Waals surface area (Å²) in [6.07, 6.45) is 0. The van der Waals surface area contributed by atoms with E-state index in [9.17, 15) is 4.79 Å². The standard InChI is InChI=1S/C16H16O4/c1-2-19-14-4-3-5-15(10-14)20-11-12-6-8-13(9-7-12)16(17)18/h3-10H,2,11H2,1H3,(H,17,18). The molecule has 1 N–H and O–H groups in total. The van der Waals surface area contributed by atoms with E-state index >= 15 is 0 Å². The van der Waals surface area contributed by atoms with Crippen LogP contribution in [-0.2, 0) is 6.61 Å². The fourth-order valence-electron chi connectivity index (χ4n) is 1.73. The van der Waals surface area contributed by atoms with E-state index in [1.807, 2.05) is 31.2 Å². The molecule has 0 amide bonds. The number of carbonyl (C=O) groups is 1. The number of rotatable bonds is 6. The highest BCUT2D eigenvalue weighted by Gasteiger charge is 2.02. The Morgan fingerprint density at radius 1 is 1.05 bits per heavy atom. The third-order valence-corrected chi connectivity index (χ3v) is 2.72. The number of ether oxygens (including phenoxy) is 2. The van der Waals surface area contributed by atoms with Crippen LogP contribution < -0.4 is 9.47 Å². The molecule has 2 aromatic carbocycles. The Morgan fingerprint density at radius 2 is 1.70 bits per heavy atom. The average Bonchev–Trinajstić information content (AvgIpc) is 2.46. The number of benzene rings is 2. The number of aromatic carboxylic acids is 1. The predicted molar refractivity (Wildman–Crippen MR) is 75.3 cm³/mol. The molecule has 0 fully saturated rings. The lowest BCUT2D eigenvalue weighted by Crippen LogP contribution is -1.99. The van der Waals surface area contributed by atoms with Crippen molar-refractivity contribution < 1.29 is 19.4 Å². The summed E-state index contributed by atoms with van der Waals surface area (Å²) in [5.74, 6) is 0.561. The van der Waals surface area contributed by atoms with Gasteiger partial charge in [0.1, 0.15) is 18.1 Å². The van der Waals surface area contributed by atoms with Crippen molar-refractivity contribution in [2.75, 3.05) is 6.61 Å². The van der Waals surface area contributed by atoms with Crippen LogP contribution in [0.4, 0.5) is 0 Å². The Balaban J connectivity index is 1.97. The van der Waals surface area contributed by atoms with Gasteiger partial charge < -0.3 is 14.6 Å². The highest BCUT2D eigenvalue weighted by molar-refractivity contribution is 5.87. The molecule has 0 unspecified atom stereocenters. The summed E-state index contributed by atoms with van der Waals surface area (Å²) in [7, 11) is 0. The number of carboxylic acids is 1.